The summed E-state index contributed by atoms with van der Waals surface area (Å²) in [6, 6.07) is 14.2. The monoisotopic (exact) mass is 655 g/mol. The molecule has 0 aliphatic carbocycles. The minimum atomic E-state index is -0.773. The zero-order chi connectivity index (χ0) is 34.2. The van der Waals surface area contributed by atoms with Gasteiger partial charge in [0.15, 0.2) is 29.6 Å². The molecule has 0 saturated carbocycles. The first-order chi connectivity index (χ1) is 22.7. The third-order valence-corrected chi connectivity index (χ3v) is 8.59. The molecule has 0 radical (unpaired) electrons. The van der Waals surface area contributed by atoms with Crippen molar-refractivity contribution >= 4 is 5.91 Å². The van der Waals surface area contributed by atoms with Crippen LogP contribution < -0.4 is 24.4 Å². The fourth-order valence-corrected chi connectivity index (χ4v) is 5.86. The van der Waals surface area contributed by atoms with Gasteiger partial charge in [-0.1, -0.05) is 25.5 Å². The molecule has 1 aliphatic rings. The Bertz CT molecular complexity index is 1330. The van der Waals surface area contributed by atoms with E-state index in [1.165, 1.54) is 0 Å². The third kappa shape index (κ3) is 11.8. The maximum absolute atomic E-state index is 12.8. The van der Waals surface area contributed by atoms with Crippen molar-refractivity contribution in [2.45, 2.75) is 57.9 Å². The number of likely N-dealkylation sites (N-methyl/N-ethyl adjacent to an activating group) is 1. The van der Waals surface area contributed by atoms with E-state index >= 15 is 0 Å². The predicted octanol–water partition coefficient (Wildman–Crippen LogP) is 4.98. The van der Waals surface area contributed by atoms with E-state index in [0.717, 1.165) is 49.8 Å². The highest BCUT2D eigenvalue weighted by Crippen LogP contribution is 2.35. The standard InChI is InChI=1S/C34H49N5O8/c1-6-7-26(22-35)8-11-29(37(2)17-14-25-9-12-30(43-3)32(20-25)45-5)28-10-13-31(44-4)33(21-28)46-24-34(40)36-38-18-15-27(16-19-38)23-47-39(41)42/h9-10,12-13,20-21,26-27,29H,6-8,11,14-19,23-24H2,1-5H3,(H,36,40). The van der Waals surface area contributed by atoms with Gasteiger partial charge in [-0.15, -0.1) is 10.1 Å². The number of rotatable bonds is 20. The quantitative estimate of drug-likeness (QED) is 0.152. The molecule has 47 heavy (non-hydrogen) atoms. The van der Waals surface area contributed by atoms with E-state index in [1.807, 2.05) is 36.4 Å². The fraction of sp³-hybridized carbons (Fsp3) is 0.588. The van der Waals surface area contributed by atoms with Crippen molar-refractivity contribution in [3.63, 3.8) is 0 Å². The van der Waals surface area contributed by atoms with Gasteiger partial charge in [-0.05, 0) is 86.9 Å². The van der Waals surface area contributed by atoms with E-state index in [-0.39, 0.29) is 37.0 Å². The Morgan fingerprint density at radius 2 is 1.72 bits per heavy atom. The molecule has 0 spiro atoms. The Kier molecular flexibility index (Phi) is 15.3. The minimum Gasteiger partial charge on any atom is -0.493 e. The van der Waals surface area contributed by atoms with Crippen LogP contribution in [0, 0.1) is 33.3 Å². The maximum atomic E-state index is 12.8. The molecule has 13 nitrogen and oxygen atoms in total. The van der Waals surface area contributed by atoms with E-state index in [0.29, 0.717) is 48.9 Å². The average molecular weight is 656 g/mol. The lowest BCUT2D eigenvalue weighted by Crippen LogP contribution is -2.48. The molecule has 2 unspecified atom stereocenters. The number of ether oxygens (including phenoxy) is 4. The molecule has 1 amide bonds. The Morgan fingerprint density at radius 3 is 2.36 bits per heavy atom. The normalized spacial score (nSPS) is 14.9. The average Bonchev–Trinajstić information content (AvgIpc) is 3.08. The summed E-state index contributed by atoms with van der Waals surface area (Å²) in [5, 5.41) is 21.2. The molecule has 13 heteroatoms. The van der Waals surface area contributed by atoms with E-state index in [9.17, 15) is 20.2 Å². The number of nitrogens with zero attached hydrogens (tertiary/aromatic N) is 4. The second kappa shape index (κ2) is 19.4. The minimum absolute atomic E-state index is 0.00878. The molecule has 0 aromatic heterocycles. The number of hydrazine groups is 1. The Hall–Kier alpha value is -4.28. The second-order valence-corrected chi connectivity index (χ2v) is 11.8. The van der Waals surface area contributed by atoms with E-state index in [4.69, 9.17) is 18.9 Å². The first-order valence-corrected chi connectivity index (χ1v) is 16.1. The summed E-state index contributed by atoms with van der Waals surface area (Å²) in [4.78, 5) is 30.1. The van der Waals surface area contributed by atoms with Crippen LogP contribution in [0.2, 0.25) is 0 Å². The van der Waals surface area contributed by atoms with E-state index < -0.39 is 5.09 Å². The van der Waals surface area contributed by atoms with Crippen LogP contribution in [0.1, 0.15) is 62.6 Å². The predicted molar refractivity (Wildman–Crippen MR) is 176 cm³/mol. The Balaban J connectivity index is 1.69. The van der Waals surface area contributed by atoms with Crippen LogP contribution in [0.25, 0.3) is 0 Å². The lowest BCUT2D eigenvalue weighted by Gasteiger charge is -2.31. The number of nitriles is 1. The van der Waals surface area contributed by atoms with Crippen molar-refractivity contribution < 1.29 is 33.7 Å². The zero-order valence-corrected chi connectivity index (χ0v) is 28.2. The van der Waals surface area contributed by atoms with Crippen molar-refractivity contribution in [2.75, 3.05) is 61.2 Å². The van der Waals surface area contributed by atoms with Crippen molar-refractivity contribution in [2.24, 2.45) is 11.8 Å². The van der Waals surface area contributed by atoms with Crippen LogP contribution in [-0.4, -0.2) is 82.1 Å². The zero-order valence-electron chi connectivity index (χ0n) is 28.2. The number of hydrogen-bond donors (Lipinski definition) is 1. The molecular formula is C34H49N5O8. The van der Waals surface area contributed by atoms with Gasteiger partial charge in [-0.25, -0.2) is 5.01 Å². The molecule has 1 N–H and O–H groups in total. The SMILES string of the molecule is CCCC(C#N)CCC(c1ccc(OC)c(OCC(=O)NN2CCC(CO[N+](=O)[O-])CC2)c1)N(C)CCc1ccc(OC)c(OC)c1. The number of methoxy groups -OCH3 is 3. The van der Waals surface area contributed by atoms with Crippen LogP contribution in [0.3, 0.4) is 0 Å². The lowest BCUT2D eigenvalue weighted by atomic mass is 9.92. The topological polar surface area (TPSA) is 149 Å². The molecule has 2 aromatic rings. The summed E-state index contributed by atoms with van der Waals surface area (Å²) in [6.07, 6.45) is 5.48. The number of amides is 1. The molecule has 1 heterocycles. The summed E-state index contributed by atoms with van der Waals surface area (Å²) in [5.41, 5.74) is 4.99. The van der Waals surface area contributed by atoms with Crippen LogP contribution in [0.15, 0.2) is 36.4 Å². The third-order valence-electron chi connectivity index (χ3n) is 8.59. The number of hydrogen-bond acceptors (Lipinski definition) is 11. The number of benzene rings is 2. The molecule has 3 rings (SSSR count). The Labute approximate surface area is 277 Å². The number of carbonyl (C=O) groups is 1. The first kappa shape index (κ1) is 37.2. The summed E-state index contributed by atoms with van der Waals surface area (Å²) >= 11 is 0. The largest absolute Gasteiger partial charge is 0.493 e. The van der Waals surface area contributed by atoms with Crippen LogP contribution >= 0.6 is 0 Å². The number of carbonyl (C=O) groups excluding carboxylic acids is 1. The molecule has 1 aliphatic heterocycles. The summed E-state index contributed by atoms with van der Waals surface area (Å²) in [5.74, 6) is 2.09. The van der Waals surface area contributed by atoms with Gasteiger partial charge in [0.2, 0.25) is 0 Å². The highest BCUT2D eigenvalue weighted by molar-refractivity contribution is 5.77. The van der Waals surface area contributed by atoms with Gasteiger partial charge in [0.25, 0.3) is 11.0 Å². The molecule has 1 saturated heterocycles. The van der Waals surface area contributed by atoms with Gasteiger partial charge in [-0.2, -0.15) is 5.26 Å². The van der Waals surface area contributed by atoms with Gasteiger partial charge < -0.3 is 23.8 Å². The Morgan fingerprint density at radius 1 is 1.04 bits per heavy atom. The van der Waals surface area contributed by atoms with Crippen molar-refractivity contribution in [3.05, 3.63) is 57.6 Å². The van der Waals surface area contributed by atoms with Gasteiger partial charge in [0.1, 0.15) is 0 Å². The van der Waals surface area contributed by atoms with E-state index in [1.54, 1.807) is 26.3 Å². The molecule has 258 valence electrons. The van der Waals surface area contributed by atoms with E-state index in [2.05, 4.69) is 35.2 Å². The van der Waals surface area contributed by atoms with Crippen molar-refractivity contribution in [1.29, 1.82) is 5.26 Å². The van der Waals surface area contributed by atoms with Gasteiger partial charge in [0.05, 0.1) is 34.0 Å². The van der Waals surface area contributed by atoms with Gasteiger partial charge >= 0.3 is 0 Å². The van der Waals surface area contributed by atoms with Gasteiger partial charge in [-0.3, -0.25) is 15.1 Å². The summed E-state index contributed by atoms with van der Waals surface area (Å²) in [6.45, 7) is 3.83. The molecule has 2 atom stereocenters. The van der Waals surface area contributed by atoms with Crippen LogP contribution in [-0.2, 0) is 16.1 Å². The van der Waals surface area contributed by atoms with Crippen LogP contribution in [0.4, 0.5) is 0 Å². The highest BCUT2D eigenvalue weighted by Gasteiger charge is 2.24. The van der Waals surface area contributed by atoms with Crippen molar-refractivity contribution in [3.8, 4) is 29.1 Å². The highest BCUT2D eigenvalue weighted by atomic mass is 16.9. The molecular weight excluding hydrogens is 606 g/mol. The summed E-state index contributed by atoms with van der Waals surface area (Å²) in [7, 11) is 6.88. The van der Waals surface area contributed by atoms with Crippen LogP contribution in [0.5, 0.6) is 23.0 Å². The smallest absolute Gasteiger partial charge is 0.294 e. The lowest BCUT2D eigenvalue weighted by molar-refractivity contribution is -0.759. The fourth-order valence-electron chi connectivity index (χ4n) is 5.86. The summed E-state index contributed by atoms with van der Waals surface area (Å²) < 4.78 is 22.4. The van der Waals surface area contributed by atoms with Crippen molar-refractivity contribution in [1.82, 2.24) is 15.3 Å². The van der Waals surface area contributed by atoms with Gasteiger partial charge in [0, 0.05) is 31.6 Å². The first-order valence-electron chi connectivity index (χ1n) is 16.1. The second-order valence-electron chi connectivity index (χ2n) is 11.8. The molecule has 1 fully saturated rings. The molecule has 0 bridgehead atoms. The number of nitrogens with one attached hydrogen (secondary N) is 1. The number of piperidine rings is 1. The molecule has 2 aromatic carbocycles. The maximum Gasteiger partial charge on any atom is 0.294 e.